The molecule has 0 fully saturated rings. The molecule has 0 saturated heterocycles. The summed E-state index contributed by atoms with van der Waals surface area (Å²) in [6.07, 6.45) is 0. The molecule has 2 aromatic heterocycles. The topological polar surface area (TPSA) is 29.5 Å². The first-order valence-electron chi connectivity index (χ1n) is 12.5. The van der Waals surface area contributed by atoms with E-state index in [9.17, 15) is 0 Å². The van der Waals surface area contributed by atoms with E-state index in [-0.39, 0.29) is 0 Å². The molecule has 0 aliphatic carbocycles. The zero-order valence-corrected chi connectivity index (χ0v) is 19.9. The van der Waals surface area contributed by atoms with Crippen LogP contribution in [0.5, 0.6) is 0 Å². The van der Waals surface area contributed by atoms with E-state index in [1.54, 1.807) is 0 Å². The molecule has 0 bridgehead atoms. The molecular weight excluding hydrogens is 454 g/mol. The lowest BCUT2D eigenvalue weighted by Crippen LogP contribution is -2.09. The molecule has 8 rings (SSSR count). The van der Waals surface area contributed by atoms with Crippen LogP contribution in [-0.2, 0) is 0 Å². The van der Waals surface area contributed by atoms with Crippen LogP contribution in [0, 0.1) is 0 Å². The van der Waals surface area contributed by atoms with Crippen molar-refractivity contribution in [2.45, 2.75) is 0 Å². The number of benzene rings is 6. The number of hydrogen-bond donors (Lipinski definition) is 0. The van der Waals surface area contributed by atoms with Gasteiger partial charge in [0.1, 0.15) is 16.7 Å². The van der Waals surface area contributed by atoms with Crippen LogP contribution in [0.15, 0.2) is 136 Å². The standard InChI is InChI=1S/C34H21NO2/c1-3-12-22(13-4-1)35(23-14-5-2-6-15-23)28-20-11-19-27-30-24-16-7-8-17-25(24)33-31(34(30)37-32(27)28)26-18-9-10-21-29(26)36-33/h1-21H. The van der Waals surface area contributed by atoms with E-state index in [2.05, 4.69) is 108 Å². The van der Waals surface area contributed by atoms with E-state index in [0.717, 1.165) is 71.7 Å². The SMILES string of the molecule is c1ccc(N(c2ccccc2)c2cccc3c2oc2c3c3ccccc3c3oc4ccccc4c32)cc1. The monoisotopic (exact) mass is 475 g/mol. The van der Waals surface area contributed by atoms with Gasteiger partial charge in [-0.3, -0.25) is 0 Å². The van der Waals surface area contributed by atoms with Gasteiger partial charge >= 0.3 is 0 Å². The average molecular weight is 476 g/mol. The lowest BCUT2D eigenvalue weighted by molar-refractivity contribution is 0.665. The van der Waals surface area contributed by atoms with Gasteiger partial charge in [0, 0.05) is 32.9 Å². The summed E-state index contributed by atoms with van der Waals surface area (Å²) in [6, 6.07) is 44.0. The van der Waals surface area contributed by atoms with Crippen LogP contribution in [0.3, 0.4) is 0 Å². The van der Waals surface area contributed by atoms with Gasteiger partial charge in [-0.2, -0.15) is 0 Å². The second-order valence-corrected chi connectivity index (χ2v) is 9.31. The summed E-state index contributed by atoms with van der Waals surface area (Å²) >= 11 is 0. The highest BCUT2D eigenvalue weighted by atomic mass is 16.3. The summed E-state index contributed by atoms with van der Waals surface area (Å²) < 4.78 is 13.3. The summed E-state index contributed by atoms with van der Waals surface area (Å²) in [4.78, 5) is 2.26. The molecule has 6 aromatic carbocycles. The van der Waals surface area contributed by atoms with Gasteiger partial charge < -0.3 is 13.7 Å². The van der Waals surface area contributed by atoms with Crippen molar-refractivity contribution >= 4 is 71.7 Å². The van der Waals surface area contributed by atoms with Crippen molar-refractivity contribution in [3.8, 4) is 0 Å². The third-order valence-corrected chi connectivity index (χ3v) is 7.23. The maximum atomic E-state index is 6.89. The van der Waals surface area contributed by atoms with Gasteiger partial charge in [0.2, 0.25) is 0 Å². The van der Waals surface area contributed by atoms with Crippen LogP contribution >= 0.6 is 0 Å². The quantitative estimate of drug-likeness (QED) is 0.255. The molecule has 3 heteroatoms. The van der Waals surface area contributed by atoms with Crippen LogP contribution in [-0.4, -0.2) is 0 Å². The summed E-state index contributed by atoms with van der Waals surface area (Å²) in [5.74, 6) is 0. The predicted octanol–water partition coefficient (Wildman–Crippen LogP) is 10.1. The highest BCUT2D eigenvalue weighted by Gasteiger charge is 2.24. The molecule has 8 aromatic rings. The van der Waals surface area contributed by atoms with Crippen molar-refractivity contribution in [1.29, 1.82) is 0 Å². The van der Waals surface area contributed by atoms with Crippen LogP contribution in [0.25, 0.3) is 54.6 Å². The number of anilines is 3. The smallest absolute Gasteiger partial charge is 0.159 e. The Kier molecular flexibility index (Phi) is 4.23. The minimum Gasteiger partial charge on any atom is -0.455 e. The molecule has 3 nitrogen and oxygen atoms in total. The number of furan rings is 2. The average Bonchev–Trinajstić information content (AvgIpc) is 3.54. The largest absolute Gasteiger partial charge is 0.455 e. The van der Waals surface area contributed by atoms with Crippen LogP contribution < -0.4 is 4.90 Å². The normalized spacial score (nSPS) is 11.8. The van der Waals surface area contributed by atoms with Gasteiger partial charge in [0.25, 0.3) is 0 Å². The van der Waals surface area contributed by atoms with Gasteiger partial charge in [0.05, 0.1) is 11.1 Å². The maximum Gasteiger partial charge on any atom is 0.159 e. The Morgan fingerprint density at radius 3 is 1.70 bits per heavy atom. The second-order valence-electron chi connectivity index (χ2n) is 9.31. The van der Waals surface area contributed by atoms with Crippen LogP contribution in [0.4, 0.5) is 17.1 Å². The fourth-order valence-electron chi connectivity index (χ4n) is 5.66. The molecule has 0 N–H and O–H groups in total. The van der Waals surface area contributed by atoms with Crippen molar-refractivity contribution in [3.63, 3.8) is 0 Å². The Morgan fingerprint density at radius 2 is 0.973 bits per heavy atom. The zero-order valence-electron chi connectivity index (χ0n) is 19.9. The van der Waals surface area contributed by atoms with Crippen molar-refractivity contribution in [2.24, 2.45) is 0 Å². The molecule has 174 valence electrons. The third kappa shape index (κ3) is 2.88. The van der Waals surface area contributed by atoms with Crippen molar-refractivity contribution < 1.29 is 8.83 Å². The molecular formula is C34H21NO2. The highest BCUT2D eigenvalue weighted by molar-refractivity contribution is 6.34. The third-order valence-electron chi connectivity index (χ3n) is 7.23. The molecule has 37 heavy (non-hydrogen) atoms. The van der Waals surface area contributed by atoms with Crippen molar-refractivity contribution in [3.05, 3.63) is 127 Å². The Hall–Kier alpha value is -5.02. The Bertz CT molecular complexity index is 2050. The number of rotatable bonds is 3. The lowest BCUT2D eigenvalue weighted by atomic mass is 9.99. The van der Waals surface area contributed by atoms with E-state index in [1.165, 1.54) is 0 Å². The number of nitrogens with zero attached hydrogens (tertiary/aromatic N) is 1. The molecule has 2 heterocycles. The van der Waals surface area contributed by atoms with Gasteiger partial charge in [0.15, 0.2) is 5.58 Å². The van der Waals surface area contributed by atoms with Gasteiger partial charge in [-0.25, -0.2) is 0 Å². The fraction of sp³-hybridized carbons (Fsp3) is 0. The van der Waals surface area contributed by atoms with Crippen molar-refractivity contribution in [1.82, 2.24) is 0 Å². The number of hydrogen-bond acceptors (Lipinski definition) is 3. The van der Waals surface area contributed by atoms with Crippen molar-refractivity contribution in [2.75, 3.05) is 4.90 Å². The minimum atomic E-state index is 0.855. The Balaban J connectivity index is 1.55. The van der Waals surface area contributed by atoms with E-state index in [1.807, 2.05) is 24.3 Å². The fourth-order valence-corrected chi connectivity index (χ4v) is 5.66. The number of para-hydroxylation sites is 4. The first-order valence-corrected chi connectivity index (χ1v) is 12.5. The molecule has 0 saturated carbocycles. The number of fused-ring (bicyclic) bond motifs is 10. The molecule has 0 atom stereocenters. The Morgan fingerprint density at radius 1 is 0.378 bits per heavy atom. The lowest BCUT2D eigenvalue weighted by Gasteiger charge is -2.25. The molecule has 0 unspecified atom stereocenters. The van der Waals surface area contributed by atoms with Crippen LogP contribution in [0.1, 0.15) is 0 Å². The highest BCUT2D eigenvalue weighted by Crippen LogP contribution is 2.48. The van der Waals surface area contributed by atoms with E-state index in [0.29, 0.717) is 0 Å². The Labute approximate surface area is 212 Å². The molecule has 0 radical (unpaired) electrons. The molecule has 0 aliphatic rings. The van der Waals surface area contributed by atoms with E-state index in [4.69, 9.17) is 8.83 Å². The summed E-state index contributed by atoms with van der Waals surface area (Å²) in [6.45, 7) is 0. The zero-order chi connectivity index (χ0) is 24.3. The van der Waals surface area contributed by atoms with E-state index >= 15 is 0 Å². The van der Waals surface area contributed by atoms with Gasteiger partial charge in [-0.15, -0.1) is 0 Å². The second kappa shape index (κ2) is 7.74. The molecule has 0 amide bonds. The molecule has 0 spiro atoms. The first kappa shape index (κ1) is 20.2. The van der Waals surface area contributed by atoms with Crippen LogP contribution in [0.2, 0.25) is 0 Å². The van der Waals surface area contributed by atoms with Gasteiger partial charge in [-0.1, -0.05) is 91.0 Å². The predicted molar refractivity (Wildman–Crippen MR) is 153 cm³/mol. The summed E-state index contributed by atoms with van der Waals surface area (Å²) in [5, 5.41) is 6.53. The van der Waals surface area contributed by atoms with Gasteiger partial charge in [-0.05, 0) is 41.8 Å². The maximum absolute atomic E-state index is 6.89. The first-order chi connectivity index (χ1) is 18.4. The summed E-state index contributed by atoms with van der Waals surface area (Å²) in [7, 11) is 0. The molecule has 0 aliphatic heterocycles. The van der Waals surface area contributed by atoms with E-state index < -0.39 is 0 Å². The summed E-state index contributed by atoms with van der Waals surface area (Å²) in [5.41, 5.74) is 6.60. The minimum absolute atomic E-state index is 0.855.